The molecule has 0 unspecified atom stereocenters. The third kappa shape index (κ3) is 3.63. The lowest BCUT2D eigenvalue weighted by atomic mass is 9.93. The third-order valence-corrected chi connectivity index (χ3v) is 2.87. The van der Waals surface area contributed by atoms with E-state index in [1.54, 1.807) is 6.92 Å². The maximum atomic E-state index is 11.7. The van der Waals surface area contributed by atoms with Gasteiger partial charge in [0.1, 0.15) is 5.78 Å². The van der Waals surface area contributed by atoms with Crippen molar-refractivity contribution in [3.63, 3.8) is 0 Å². The van der Waals surface area contributed by atoms with E-state index < -0.39 is 0 Å². The van der Waals surface area contributed by atoms with Crippen LogP contribution in [0.2, 0.25) is 0 Å². The first-order valence-corrected chi connectivity index (χ1v) is 5.43. The number of rotatable bonds is 3. The monoisotopic (exact) mass is 212 g/mol. The highest BCUT2D eigenvalue weighted by molar-refractivity contribution is 5.80. The highest BCUT2D eigenvalue weighted by atomic mass is 16.2. The number of piperidine rings is 1. The minimum absolute atomic E-state index is 0.169. The number of nitrogens with zero attached hydrogens (tertiary/aromatic N) is 2. The molecule has 0 bridgehead atoms. The molecule has 1 aliphatic heterocycles. The van der Waals surface area contributed by atoms with Gasteiger partial charge in [0.05, 0.1) is 6.54 Å². The largest absolute Gasteiger partial charge is 0.342 e. The Bertz CT molecular complexity index is 243. The van der Waals surface area contributed by atoms with Gasteiger partial charge in [-0.25, -0.2) is 0 Å². The van der Waals surface area contributed by atoms with Crippen LogP contribution in [0.5, 0.6) is 0 Å². The van der Waals surface area contributed by atoms with Gasteiger partial charge >= 0.3 is 0 Å². The van der Waals surface area contributed by atoms with Gasteiger partial charge in [-0.15, -0.1) is 0 Å². The van der Waals surface area contributed by atoms with Crippen LogP contribution >= 0.6 is 0 Å². The molecule has 0 aliphatic carbocycles. The first kappa shape index (κ1) is 12.2. The Morgan fingerprint density at radius 1 is 1.27 bits per heavy atom. The quantitative estimate of drug-likeness (QED) is 0.679. The Morgan fingerprint density at radius 3 is 2.20 bits per heavy atom. The summed E-state index contributed by atoms with van der Waals surface area (Å²) >= 11 is 0. The zero-order valence-corrected chi connectivity index (χ0v) is 9.82. The fourth-order valence-electron chi connectivity index (χ4n) is 1.91. The Kier molecular flexibility index (Phi) is 4.27. The van der Waals surface area contributed by atoms with Gasteiger partial charge in [0.2, 0.25) is 5.91 Å². The predicted molar refractivity (Wildman–Crippen MR) is 58.5 cm³/mol. The smallest absolute Gasteiger partial charge is 0.236 e. The normalized spacial score (nSPS) is 18.3. The van der Waals surface area contributed by atoms with Crippen molar-refractivity contribution in [2.24, 2.45) is 5.92 Å². The lowest BCUT2D eigenvalue weighted by molar-refractivity contribution is -0.135. The molecule has 0 saturated carbocycles. The number of carbonyl (C=O) groups is 2. The van der Waals surface area contributed by atoms with Gasteiger partial charge in [0.15, 0.2) is 0 Å². The molecule has 15 heavy (non-hydrogen) atoms. The molecule has 1 heterocycles. The maximum Gasteiger partial charge on any atom is 0.236 e. The fourth-order valence-corrected chi connectivity index (χ4v) is 1.91. The molecular formula is C11H20N2O2. The molecule has 0 N–H and O–H groups in total. The highest BCUT2D eigenvalue weighted by Gasteiger charge is 2.24. The number of likely N-dealkylation sites (N-methyl/N-ethyl adjacent to an activating group) is 1. The van der Waals surface area contributed by atoms with Crippen molar-refractivity contribution < 1.29 is 9.59 Å². The van der Waals surface area contributed by atoms with Crippen LogP contribution in [0.15, 0.2) is 0 Å². The van der Waals surface area contributed by atoms with E-state index in [0.29, 0.717) is 6.54 Å². The topological polar surface area (TPSA) is 40.6 Å². The van der Waals surface area contributed by atoms with E-state index in [1.165, 1.54) is 0 Å². The van der Waals surface area contributed by atoms with Gasteiger partial charge in [-0.1, -0.05) is 0 Å². The molecule has 0 spiro atoms. The second-order valence-electron chi connectivity index (χ2n) is 4.50. The van der Waals surface area contributed by atoms with Gasteiger partial charge in [-0.3, -0.25) is 9.59 Å². The van der Waals surface area contributed by atoms with Crippen LogP contribution in [0, 0.1) is 5.92 Å². The lowest BCUT2D eigenvalue weighted by Crippen LogP contribution is -2.43. The number of hydrogen-bond acceptors (Lipinski definition) is 3. The van der Waals surface area contributed by atoms with E-state index in [9.17, 15) is 9.59 Å². The zero-order chi connectivity index (χ0) is 11.4. The summed E-state index contributed by atoms with van der Waals surface area (Å²) in [6, 6.07) is 0. The standard InChI is InChI=1S/C11H20N2O2/c1-9(14)10-4-6-13(7-5-10)11(15)8-12(2)3/h10H,4-8H2,1-3H3. The summed E-state index contributed by atoms with van der Waals surface area (Å²) in [7, 11) is 3.78. The molecule has 1 fully saturated rings. The second-order valence-corrected chi connectivity index (χ2v) is 4.50. The lowest BCUT2D eigenvalue weighted by Gasteiger charge is -2.31. The van der Waals surface area contributed by atoms with Gasteiger partial charge in [0.25, 0.3) is 0 Å². The minimum atomic E-state index is 0.169. The van der Waals surface area contributed by atoms with Crippen LogP contribution in [0.1, 0.15) is 19.8 Å². The van der Waals surface area contributed by atoms with E-state index in [1.807, 2.05) is 23.9 Å². The number of ketones is 1. The average Bonchev–Trinajstić information content (AvgIpc) is 2.17. The maximum absolute atomic E-state index is 11.7. The molecule has 0 aromatic heterocycles. The Hall–Kier alpha value is -0.900. The highest BCUT2D eigenvalue weighted by Crippen LogP contribution is 2.17. The molecule has 0 radical (unpaired) electrons. The Labute approximate surface area is 91.2 Å². The van der Waals surface area contributed by atoms with Crippen molar-refractivity contribution >= 4 is 11.7 Å². The molecule has 0 aromatic rings. The number of carbonyl (C=O) groups excluding carboxylic acids is 2. The summed E-state index contributed by atoms with van der Waals surface area (Å²) in [5.74, 6) is 0.602. The summed E-state index contributed by atoms with van der Waals surface area (Å²) < 4.78 is 0. The molecule has 1 aliphatic rings. The van der Waals surface area contributed by atoms with Crippen LogP contribution in [0.4, 0.5) is 0 Å². The predicted octanol–water partition coefficient (Wildman–Crippen LogP) is 0.376. The van der Waals surface area contributed by atoms with Gasteiger partial charge in [0, 0.05) is 19.0 Å². The molecule has 0 atom stereocenters. The van der Waals surface area contributed by atoms with Crippen molar-refractivity contribution in [2.45, 2.75) is 19.8 Å². The first-order chi connectivity index (χ1) is 7.00. The van der Waals surface area contributed by atoms with Gasteiger partial charge in [-0.05, 0) is 33.9 Å². The van der Waals surface area contributed by atoms with Crippen molar-refractivity contribution in [3.05, 3.63) is 0 Å². The molecule has 0 aromatic carbocycles. The van der Waals surface area contributed by atoms with Crippen LogP contribution < -0.4 is 0 Å². The summed E-state index contributed by atoms with van der Waals surface area (Å²) in [5.41, 5.74) is 0. The zero-order valence-electron chi connectivity index (χ0n) is 9.82. The molecule has 1 rings (SSSR count). The van der Waals surface area contributed by atoms with Gasteiger partial charge < -0.3 is 9.80 Å². The van der Waals surface area contributed by atoms with Crippen molar-refractivity contribution in [1.29, 1.82) is 0 Å². The van der Waals surface area contributed by atoms with E-state index >= 15 is 0 Å². The molecule has 86 valence electrons. The second kappa shape index (κ2) is 5.26. The summed E-state index contributed by atoms with van der Waals surface area (Å²) in [6.45, 7) is 3.57. The number of hydrogen-bond donors (Lipinski definition) is 0. The van der Waals surface area contributed by atoms with E-state index in [4.69, 9.17) is 0 Å². The molecule has 1 saturated heterocycles. The summed E-state index contributed by atoms with van der Waals surface area (Å²) in [6.07, 6.45) is 1.66. The van der Waals surface area contributed by atoms with Crippen LogP contribution in [-0.2, 0) is 9.59 Å². The molecule has 1 amide bonds. The Balaban J connectivity index is 2.37. The number of amides is 1. The van der Waals surface area contributed by atoms with Crippen molar-refractivity contribution in [2.75, 3.05) is 33.7 Å². The first-order valence-electron chi connectivity index (χ1n) is 5.43. The van der Waals surface area contributed by atoms with Crippen LogP contribution in [-0.4, -0.2) is 55.2 Å². The Morgan fingerprint density at radius 2 is 1.80 bits per heavy atom. The van der Waals surface area contributed by atoms with E-state index in [0.717, 1.165) is 25.9 Å². The number of likely N-dealkylation sites (tertiary alicyclic amines) is 1. The number of Topliss-reactive ketones (excluding diaryl/α,β-unsaturated/α-hetero) is 1. The van der Waals surface area contributed by atoms with Crippen LogP contribution in [0.25, 0.3) is 0 Å². The van der Waals surface area contributed by atoms with E-state index in [-0.39, 0.29) is 17.6 Å². The minimum Gasteiger partial charge on any atom is -0.342 e. The van der Waals surface area contributed by atoms with Crippen LogP contribution in [0.3, 0.4) is 0 Å². The summed E-state index contributed by atoms with van der Waals surface area (Å²) in [5, 5.41) is 0. The van der Waals surface area contributed by atoms with Crippen molar-refractivity contribution in [3.8, 4) is 0 Å². The average molecular weight is 212 g/mol. The van der Waals surface area contributed by atoms with Crippen molar-refractivity contribution in [1.82, 2.24) is 9.80 Å². The third-order valence-electron chi connectivity index (χ3n) is 2.87. The van der Waals surface area contributed by atoms with Gasteiger partial charge in [-0.2, -0.15) is 0 Å². The molecule has 4 heteroatoms. The molecular weight excluding hydrogens is 192 g/mol. The molecule has 4 nitrogen and oxygen atoms in total. The summed E-state index contributed by atoms with van der Waals surface area (Å²) in [4.78, 5) is 26.6. The van der Waals surface area contributed by atoms with E-state index in [2.05, 4.69) is 0 Å². The SMILES string of the molecule is CC(=O)C1CCN(C(=O)CN(C)C)CC1. The fraction of sp³-hybridized carbons (Fsp3) is 0.818.